The highest BCUT2D eigenvalue weighted by Gasteiger charge is 1.95. The first-order valence-corrected chi connectivity index (χ1v) is 7.06. The Morgan fingerprint density at radius 2 is 1.43 bits per heavy atom. The molecule has 1 heterocycles. The first-order chi connectivity index (χ1) is 10.0. The van der Waals surface area contributed by atoms with E-state index in [4.69, 9.17) is 4.74 Å². The third-order valence-corrected chi connectivity index (χ3v) is 2.84. The number of nitrogens with zero attached hydrogens (tertiary/aromatic N) is 1. The fourth-order valence-corrected chi connectivity index (χ4v) is 1.53. The molecule has 2 aromatic rings. The Morgan fingerprint density at radius 3 is 1.81 bits per heavy atom. The molecule has 0 radical (unpaired) electrons. The van der Waals surface area contributed by atoms with Crippen molar-refractivity contribution >= 4 is 0 Å². The van der Waals surface area contributed by atoms with Crippen LogP contribution in [0.25, 0.3) is 0 Å². The molecule has 1 aromatic heterocycles. The zero-order chi connectivity index (χ0) is 16.3. The Labute approximate surface area is 129 Å². The van der Waals surface area contributed by atoms with E-state index in [0.29, 0.717) is 11.8 Å². The van der Waals surface area contributed by atoms with Crippen LogP contribution in [0, 0.1) is 13.8 Å². The summed E-state index contributed by atoms with van der Waals surface area (Å²) in [6.07, 6.45) is 1.78. The van der Waals surface area contributed by atoms with Crippen molar-refractivity contribution in [2.24, 2.45) is 0 Å². The minimum Gasteiger partial charge on any atom is -0.481 e. The standard InChI is InChI=1S/C10H14.C7H9NO.C2H4/c1-8(2)10-6-4-9(3)5-7-10;1-6-3-4-7(9-2)8-5-6;1-2/h4-8H,1-3H3;3-5H,1-2H3;1-2H2. The molecule has 0 aliphatic rings. The summed E-state index contributed by atoms with van der Waals surface area (Å²) in [4.78, 5) is 3.97. The summed E-state index contributed by atoms with van der Waals surface area (Å²) in [6, 6.07) is 12.5. The molecular formula is C19H27NO. The quantitative estimate of drug-likeness (QED) is 0.697. The van der Waals surface area contributed by atoms with E-state index in [9.17, 15) is 0 Å². The molecule has 0 saturated carbocycles. The lowest BCUT2D eigenvalue weighted by molar-refractivity contribution is 0.397. The normalized spacial score (nSPS) is 9.05. The van der Waals surface area contributed by atoms with E-state index in [1.165, 1.54) is 11.1 Å². The van der Waals surface area contributed by atoms with Gasteiger partial charge in [0.15, 0.2) is 0 Å². The number of aryl methyl sites for hydroxylation is 2. The van der Waals surface area contributed by atoms with E-state index in [-0.39, 0.29) is 0 Å². The predicted octanol–water partition coefficient (Wildman–Crippen LogP) is 5.32. The second-order valence-corrected chi connectivity index (χ2v) is 4.94. The maximum Gasteiger partial charge on any atom is 0.212 e. The number of hydrogen-bond acceptors (Lipinski definition) is 2. The maximum atomic E-state index is 4.86. The van der Waals surface area contributed by atoms with E-state index in [1.807, 2.05) is 19.1 Å². The van der Waals surface area contributed by atoms with Crippen molar-refractivity contribution in [1.82, 2.24) is 4.98 Å². The van der Waals surface area contributed by atoms with Crippen molar-refractivity contribution in [1.29, 1.82) is 0 Å². The van der Waals surface area contributed by atoms with E-state index in [2.05, 4.69) is 63.2 Å². The van der Waals surface area contributed by atoms with Crippen molar-refractivity contribution in [3.8, 4) is 5.88 Å². The fourth-order valence-electron chi connectivity index (χ4n) is 1.53. The lowest BCUT2D eigenvalue weighted by atomic mass is 10.0. The van der Waals surface area contributed by atoms with Crippen molar-refractivity contribution < 1.29 is 4.74 Å². The monoisotopic (exact) mass is 285 g/mol. The summed E-state index contributed by atoms with van der Waals surface area (Å²) in [5.41, 5.74) is 3.91. The molecule has 2 heteroatoms. The Balaban J connectivity index is 0.000000342. The molecule has 0 N–H and O–H groups in total. The highest BCUT2D eigenvalue weighted by atomic mass is 16.5. The van der Waals surface area contributed by atoms with E-state index < -0.39 is 0 Å². The first kappa shape index (κ1) is 18.9. The van der Waals surface area contributed by atoms with E-state index in [1.54, 1.807) is 13.3 Å². The predicted molar refractivity (Wildman–Crippen MR) is 92.0 cm³/mol. The number of methoxy groups -OCH3 is 1. The lowest BCUT2D eigenvalue weighted by Crippen LogP contribution is -1.85. The molecule has 0 atom stereocenters. The molecule has 0 amide bonds. The zero-order valence-electron chi connectivity index (χ0n) is 13.9. The number of benzene rings is 1. The number of hydrogen-bond donors (Lipinski definition) is 0. The molecule has 0 saturated heterocycles. The van der Waals surface area contributed by atoms with Crippen LogP contribution in [0.1, 0.15) is 36.5 Å². The number of rotatable bonds is 2. The van der Waals surface area contributed by atoms with E-state index in [0.717, 1.165) is 5.56 Å². The Morgan fingerprint density at radius 1 is 0.905 bits per heavy atom. The van der Waals surface area contributed by atoms with Gasteiger partial charge in [0.2, 0.25) is 5.88 Å². The highest BCUT2D eigenvalue weighted by molar-refractivity contribution is 5.23. The average Bonchev–Trinajstić information content (AvgIpc) is 2.51. The van der Waals surface area contributed by atoms with Crippen molar-refractivity contribution in [3.63, 3.8) is 0 Å². The summed E-state index contributed by atoms with van der Waals surface area (Å²) in [5, 5.41) is 0. The Bertz CT molecular complexity index is 486. The molecule has 114 valence electrons. The molecule has 2 rings (SSSR count). The Hall–Kier alpha value is -2.09. The summed E-state index contributed by atoms with van der Waals surface area (Å²) in [7, 11) is 1.61. The van der Waals surface area contributed by atoms with Crippen LogP contribution < -0.4 is 4.74 Å². The molecule has 0 fully saturated rings. The molecule has 2 nitrogen and oxygen atoms in total. The molecular weight excluding hydrogens is 258 g/mol. The maximum absolute atomic E-state index is 4.86. The minimum atomic E-state index is 0.653. The van der Waals surface area contributed by atoms with Gasteiger partial charge < -0.3 is 4.74 Å². The smallest absolute Gasteiger partial charge is 0.212 e. The molecule has 0 aliphatic carbocycles. The fraction of sp³-hybridized carbons (Fsp3) is 0.316. The van der Waals surface area contributed by atoms with Crippen molar-refractivity contribution in [3.05, 3.63) is 72.4 Å². The zero-order valence-corrected chi connectivity index (χ0v) is 13.9. The van der Waals surface area contributed by atoms with Gasteiger partial charge >= 0.3 is 0 Å². The van der Waals surface area contributed by atoms with Crippen molar-refractivity contribution in [2.45, 2.75) is 33.6 Å². The summed E-state index contributed by atoms with van der Waals surface area (Å²) in [6.45, 7) is 14.5. The van der Waals surface area contributed by atoms with Gasteiger partial charge in [-0.15, -0.1) is 13.2 Å². The van der Waals surface area contributed by atoms with Crippen LogP contribution in [0.15, 0.2) is 55.8 Å². The van der Waals surface area contributed by atoms with Gasteiger partial charge in [-0.2, -0.15) is 0 Å². The van der Waals surface area contributed by atoms with Crippen LogP contribution in [-0.4, -0.2) is 12.1 Å². The van der Waals surface area contributed by atoms with Gasteiger partial charge in [-0.3, -0.25) is 0 Å². The highest BCUT2D eigenvalue weighted by Crippen LogP contribution is 2.13. The topological polar surface area (TPSA) is 22.1 Å². The summed E-state index contributed by atoms with van der Waals surface area (Å²) >= 11 is 0. The molecule has 0 bridgehead atoms. The van der Waals surface area contributed by atoms with Crippen LogP contribution >= 0.6 is 0 Å². The number of pyridine rings is 1. The third-order valence-electron chi connectivity index (χ3n) is 2.84. The molecule has 1 aromatic carbocycles. The van der Waals surface area contributed by atoms with Gasteiger partial charge in [-0.05, 0) is 30.9 Å². The van der Waals surface area contributed by atoms with Crippen LogP contribution in [0.4, 0.5) is 0 Å². The second kappa shape index (κ2) is 10.7. The SMILES string of the molecule is C=C.COc1ccc(C)cn1.Cc1ccc(C(C)C)cc1. The molecule has 21 heavy (non-hydrogen) atoms. The average molecular weight is 285 g/mol. The van der Waals surface area contributed by atoms with Gasteiger partial charge in [0.25, 0.3) is 0 Å². The van der Waals surface area contributed by atoms with Crippen LogP contribution in [-0.2, 0) is 0 Å². The van der Waals surface area contributed by atoms with Gasteiger partial charge in [0.05, 0.1) is 7.11 Å². The Kier molecular flexibility index (Phi) is 9.61. The number of aromatic nitrogens is 1. The van der Waals surface area contributed by atoms with Gasteiger partial charge in [0, 0.05) is 12.3 Å². The van der Waals surface area contributed by atoms with Crippen LogP contribution in [0.3, 0.4) is 0 Å². The molecule has 0 spiro atoms. The molecule has 0 unspecified atom stereocenters. The summed E-state index contributed by atoms with van der Waals surface area (Å²) in [5.74, 6) is 1.32. The first-order valence-electron chi connectivity index (χ1n) is 7.06. The van der Waals surface area contributed by atoms with Crippen molar-refractivity contribution in [2.75, 3.05) is 7.11 Å². The van der Waals surface area contributed by atoms with Gasteiger partial charge in [-0.25, -0.2) is 4.98 Å². The molecule has 0 aliphatic heterocycles. The number of ether oxygens (including phenoxy) is 1. The van der Waals surface area contributed by atoms with Crippen LogP contribution in [0.2, 0.25) is 0 Å². The van der Waals surface area contributed by atoms with Gasteiger partial charge in [-0.1, -0.05) is 49.7 Å². The van der Waals surface area contributed by atoms with Gasteiger partial charge in [0.1, 0.15) is 0 Å². The largest absolute Gasteiger partial charge is 0.481 e. The summed E-state index contributed by atoms with van der Waals surface area (Å²) < 4.78 is 4.86. The second-order valence-electron chi connectivity index (χ2n) is 4.94. The van der Waals surface area contributed by atoms with Crippen LogP contribution in [0.5, 0.6) is 5.88 Å². The third kappa shape index (κ3) is 7.93. The van der Waals surface area contributed by atoms with E-state index >= 15 is 0 Å². The minimum absolute atomic E-state index is 0.653. The lowest BCUT2D eigenvalue weighted by Gasteiger charge is -2.03.